The largest absolute Gasteiger partial charge is 0.396 e. The Morgan fingerprint density at radius 1 is 1.25 bits per heavy atom. The van der Waals surface area contributed by atoms with Gasteiger partial charge in [-0.3, -0.25) is 0 Å². The molecule has 0 bridgehead atoms. The molecule has 2 unspecified atom stereocenters. The van der Waals surface area contributed by atoms with E-state index in [-0.39, 0.29) is 0 Å². The Morgan fingerprint density at radius 3 is 2.70 bits per heavy atom. The van der Waals surface area contributed by atoms with Crippen LogP contribution in [0, 0.1) is 11.8 Å². The van der Waals surface area contributed by atoms with Crippen molar-refractivity contribution in [1.29, 1.82) is 0 Å². The lowest BCUT2D eigenvalue weighted by molar-refractivity contribution is 0.199. The number of nitrogens with zero attached hydrogens (tertiary/aromatic N) is 2. The topological polar surface area (TPSA) is 70.1 Å². The standard InChI is InChI=1S/C15H26N4O/c1-3-5-13-14(16-2)18-10-19-15(13)17-8-11-6-4-7-12(11)9-20/h10-12,20H,3-9H2,1-2H3,(H2,16,17,18,19). The number of rotatable bonds is 7. The van der Waals surface area contributed by atoms with Gasteiger partial charge in [-0.15, -0.1) is 0 Å². The van der Waals surface area contributed by atoms with Gasteiger partial charge in [-0.05, 0) is 31.1 Å². The van der Waals surface area contributed by atoms with Gasteiger partial charge >= 0.3 is 0 Å². The summed E-state index contributed by atoms with van der Waals surface area (Å²) in [6, 6.07) is 0. The lowest BCUT2D eigenvalue weighted by Crippen LogP contribution is -2.22. The molecular weight excluding hydrogens is 252 g/mol. The summed E-state index contributed by atoms with van der Waals surface area (Å²) in [5.74, 6) is 2.86. The van der Waals surface area contributed by atoms with E-state index in [4.69, 9.17) is 0 Å². The lowest BCUT2D eigenvalue weighted by atomic mass is 9.97. The van der Waals surface area contributed by atoms with Crippen molar-refractivity contribution in [3.8, 4) is 0 Å². The summed E-state index contributed by atoms with van der Waals surface area (Å²) in [6.07, 6.45) is 7.21. The average molecular weight is 278 g/mol. The molecule has 2 rings (SSSR count). The van der Waals surface area contributed by atoms with Crippen molar-refractivity contribution >= 4 is 11.6 Å². The monoisotopic (exact) mass is 278 g/mol. The first-order valence-electron chi connectivity index (χ1n) is 7.66. The second kappa shape index (κ2) is 7.43. The van der Waals surface area contributed by atoms with Crippen LogP contribution in [-0.2, 0) is 6.42 Å². The van der Waals surface area contributed by atoms with Gasteiger partial charge in [-0.2, -0.15) is 0 Å². The molecule has 3 N–H and O–H groups in total. The average Bonchev–Trinajstić information content (AvgIpc) is 2.93. The van der Waals surface area contributed by atoms with Gasteiger partial charge in [0.25, 0.3) is 0 Å². The van der Waals surface area contributed by atoms with Crippen molar-refractivity contribution in [3.63, 3.8) is 0 Å². The number of nitrogens with one attached hydrogen (secondary N) is 2. The van der Waals surface area contributed by atoms with E-state index in [1.165, 1.54) is 12.8 Å². The van der Waals surface area contributed by atoms with Crippen LogP contribution in [0.5, 0.6) is 0 Å². The highest BCUT2D eigenvalue weighted by Crippen LogP contribution is 2.32. The maximum atomic E-state index is 9.39. The van der Waals surface area contributed by atoms with Crippen LogP contribution in [0.15, 0.2) is 6.33 Å². The zero-order chi connectivity index (χ0) is 14.4. The molecule has 5 heteroatoms. The molecule has 5 nitrogen and oxygen atoms in total. The van der Waals surface area contributed by atoms with Crippen LogP contribution in [-0.4, -0.2) is 35.3 Å². The fourth-order valence-electron chi connectivity index (χ4n) is 3.12. The van der Waals surface area contributed by atoms with E-state index in [1.807, 2.05) is 7.05 Å². The van der Waals surface area contributed by atoms with Crippen LogP contribution in [0.1, 0.15) is 38.2 Å². The summed E-state index contributed by atoms with van der Waals surface area (Å²) < 4.78 is 0. The van der Waals surface area contributed by atoms with Gasteiger partial charge in [0, 0.05) is 25.8 Å². The number of anilines is 2. The van der Waals surface area contributed by atoms with Gasteiger partial charge < -0.3 is 15.7 Å². The lowest BCUT2D eigenvalue weighted by Gasteiger charge is -2.20. The molecule has 0 aromatic carbocycles. The van der Waals surface area contributed by atoms with Crippen molar-refractivity contribution in [2.24, 2.45) is 11.8 Å². The number of aliphatic hydroxyl groups excluding tert-OH is 1. The molecule has 1 heterocycles. The normalized spacial score (nSPS) is 21.9. The first-order valence-corrected chi connectivity index (χ1v) is 7.66. The highest BCUT2D eigenvalue weighted by molar-refractivity contribution is 5.57. The smallest absolute Gasteiger partial charge is 0.134 e. The first-order chi connectivity index (χ1) is 9.80. The Bertz CT molecular complexity index is 424. The third-order valence-electron chi connectivity index (χ3n) is 4.26. The minimum absolute atomic E-state index is 0.305. The van der Waals surface area contributed by atoms with Gasteiger partial charge in [0.2, 0.25) is 0 Å². The zero-order valence-corrected chi connectivity index (χ0v) is 12.5. The minimum Gasteiger partial charge on any atom is -0.396 e. The van der Waals surface area contributed by atoms with Crippen LogP contribution < -0.4 is 10.6 Å². The predicted octanol–water partition coefficient (Wildman–Crippen LogP) is 2.29. The highest BCUT2D eigenvalue weighted by Gasteiger charge is 2.26. The van der Waals surface area contributed by atoms with Crippen LogP contribution in [0.2, 0.25) is 0 Å². The molecule has 20 heavy (non-hydrogen) atoms. The molecule has 112 valence electrons. The molecule has 1 saturated carbocycles. The molecule has 2 atom stereocenters. The summed E-state index contributed by atoms with van der Waals surface area (Å²) in [7, 11) is 1.89. The summed E-state index contributed by atoms with van der Waals surface area (Å²) in [4.78, 5) is 8.68. The predicted molar refractivity (Wildman–Crippen MR) is 82.0 cm³/mol. The first kappa shape index (κ1) is 15.0. The Hall–Kier alpha value is -1.36. The maximum Gasteiger partial charge on any atom is 0.134 e. The van der Waals surface area contributed by atoms with Crippen molar-refractivity contribution in [2.45, 2.75) is 39.0 Å². The Morgan fingerprint density at radius 2 is 2.00 bits per heavy atom. The van der Waals surface area contributed by atoms with E-state index in [0.717, 1.165) is 43.0 Å². The molecule has 0 aliphatic heterocycles. The number of hydrogen-bond donors (Lipinski definition) is 3. The molecule has 1 aliphatic rings. The van der Waals surface area contributed by atoms with Gasteiger partial charge in [0.1, 0.15) is 18.0 Å². The Balaban J connectivity index is 2.05. The van der Waals surface area contributed by atoms with Gasteiger partial charge in [-0.1, -0.05) is 19.8 Å². The molecule has 1 fully saturated rings. The van der Waals surface area contributed by atoms with Crippen molar-refractivity contribution in [1.82, 2.24) is 9.97 Å². The molecule has 0 radical (unpaired) electrons. The van der Waals surface area contributed by atoms with Crippen molar-refractivity contribution < 1.29 is 5.11 Å². The van der Waals surface area contributed by atoms with Crippen LogP contribution in [0.4, 0.5) is 11.6 Å². The molecule has 1 aromatic heterocycles. The van der Waals surface area contributed by atoms with E-state index < -0.39 is 0 Å². The number of aliphatic hydroxyl groups is 1. The van der Waals surface area contributed by atoms with E-state index in [9.17, 15) is 5.11 Å². The quantitative estimate of drug-likeness (QED) is 0.714. The fraction of sp³-hybridized carbons (Fsp3) is 0.733. The second-order valence-electron chi connectivity index (χ2n) is 5.56. The molecule has 0 spiro atoms. The third kappa shape index (κ3) is 3.39. The van der Waals surface area contributed by atoms with Gasteiger partial charge in [0.15, 0.2) is 0 Å². The zero-order valence-electron chi connectivity index (χ0n) is 12.5. The third-order valence-corrected chi connectivity index (χ3v) is 4.26. The van der Waals surface area contributed by atoms with Crippen LogP contribution in [0.25, 0.3) is 0 Å². The van der Waals surface area contributed by atoms with E-state index in [1.54, 1.807) is 6.33 Å². The fourth-order valence-corrected chi connectivity index (χ4v) is 3.12. The highest BCUT2D eigenvalue weighted by atomic mass is 16.3. The van der Waals surface area contributed by atoms with E-state index in [0.29, 0.717) is 18.4 Å². The Kier molecular flexibility index (Phi) is 5.59. The van der Waals surface area contributed by atoms with E-state index >= 15 is 0 Å². The SMILES string of the molecule is CCCc1c(NC)ncnc1NCC1CCCC1CO. The van der Waals surface area contributed by atoms with Gasteiger partial charge in [-0.25, -0.2) is 9.97 Å². The Labute approximate surface area is 121 Å². The van der Waals surface area contributed by atoms with Crippen molar-refractivity contribution in [3.05, 3.63) is 11.9 Å². The molecular formula is C15H26N4O. The molecule has 1 aromatic rings. The molecule has 1 aliphatic carbocycles. The molecule has 0 saturated heterocycles. The summed E-state index contributed by atoms with van der Waals surface area (Å²) >= 11 is 0. The summed E-state index contributed by atoms with van der Waals surface area (Å²) in [5.41, 5.74) is 1.16. The van der Waals surface area contributed by atoms with Crippen molar-refractivity contribution in [2.75, 3.05) is 30.8 Å². The number of hydrogen-bond acceptors (Lipinski definition) is 5. The number of aromatic nitrogens is 2. The second-order valence-corrected chi connectivity index (χ2v) is 5.56. The van der Waals surface area contributed by atoms with Gasteiger partial charge in [0.05, 0.1) is 0 Å². The maximum absolute atomic E-state index is 9.39. The van der Waals surface area contributed by atoms with E-state index in [2.05, 4.69) is 27.5 Å². The van der Waals surface area contributed by atoms with Crippen LogP contribution in [0.3, 0.4) is 0 Å². The molecule has 0 amide bonds. The summed E-state index contributed by atoms with van der Waals surface area (Å²) in [6.45, 7) is 3.36. The summed E-state index contributed by atoms with van der Waals surface area (Å²) in [5, 5.41) is 16.0. The van der Waals surface area contributed by atoms with Crippen LogP contribution >= 0.6 is 0 Å². The minimum atomic E-state index is 0.305.